The molecule has 2 amide bonds. The van der Waals surface area contributed by atoms with Crippen LogP contribution in [-0.2, 0) is 28.7 Å². The van der Waals surface area contributed by atoms with Crippen LogP contribution >= 0.6 is 0 Å². The molecule has 1 N–H and O–H groups in total. The van der Waals surface area contributed by atoms with E-state index in [1.165, 1.54) is 90.0 Å². The van der Waals surface area contributed by atoms with Crippen molar-refractivity contribution < 1.29 is 47.3 Å². The number of aromatic nitrogens is 4. The Hall–Kier alpha value is -4.50. The number of amides is 2. The Labute approximate surface area is 361 Å². The number of carbonyl (C=O) groups excluding carboxylic acids is 6. The van der Waals surface area contributed by atoms with E-state index in [1.54, 1.807) is 0 Å². The lowest BCUT2D eigenvalue weighted by Crippen LogP contribution is -2.31. The van der Waals surface area contributed by atoms with Gasteiger partial charge >= 0.3 is 11.9 Å². The van der Waals surface area contributed by atoms with Crippen LogP contribution in [0.5, 0.6) is 0 Å². The first kappa shape index (κ1) is 50.9. The van der Waals surface area contributed by atoms with Gasteiger partial charge in [0.15, 0.2) is 0 Å². The smallest absolute Gasteiger partial charge is 0.307 e. The fourth-order valence-electron chi connectivity index (χ4n) is 7.89. The van der Waals surface area contributed by atoms with Crippen molar-refractivity contribution in [3.8, 4) is 0 Å². The molecule has 2 aromatic heterocycles. The Balaban J connectivity index is 0.000000325. The molecule has 2 saturated carbocycles. The van der Waals surface area contributed by atoms with Crippen molar-refractivity contribution in [2.45, 2.75) is 194 Å². The highest BCUT2D eigenvalue weighted by molar-refractivity contribution is 5.93. The Morgan fingerprint density at radius 3 is 1.51 bits per heavy atom. The molecule has 0 radical (unpaired) electrons. The SMILES string of the molecule is CC(=O)CN(C)C(=O)c1noc([C@H](CCCC2CCCCC2)CC(=O)OC(C)(C)C)n1.CC(=O)CNC(=O)c1noc([C@H](CCCC2CCCCC2)CC(=O)OC(C)(C)C)n1. The molecule has 0 aromatic carbocycles. The third-order valence-electron chi connectivity index (χ3n) is 10.7. The third kappa shape index (κ3) is 20.3. The second-order valence-electron chi connectivity index (χ2n) is 19.0. The second kappa shape index (κ2) is 24.8. The van der Waals surface area contributed by atoms with E-state index in [0.29, 0.717) is 6.42 Å². The Bertz CT molecular complexity index is 1710. The maximum atomic E-state index is 12.5. The fourth-order valence-corrected chi connectivity index (χ4v) is 7.89. The standard InChI is InChI=1S/C23H37N3O5.C22H35N3O5/c1-16(27)15-26(5)22(29)20-24-21(31-25-20)18(14-19(28)30-23(2,3)4)13-9-12-17-10-7-6-8-11-17;1-15(26)14-23-20(28)19-24-21(30-25-19)17(13-18(27)29-22(2,3)4)12-8-11-16-9-6-5-7-10-16/h17-18H,6-15H2,1-5H3;16-17H,5-14H2,1-4H3,(H,23,28)/t18-;17-/m11/s1. The number of hydrogen-bond acceptors (Lipinski definition) is 14. The van der Waals surface area contributed by atoms with Gasteiger partial charge in [-0.05, 0) is 80.1 Å². The van der Waals surface area contributed by atoms with Crippen LogP contribution in [0.1, 0.15) is 216 Å². The van der Waals surface area contributed by atoms with Crippen molar-refractivity contribution in [1.29, 1.82) is 0 Å². The van der Waals surface area contributed by atoms with Crippen LogP contribution in [0.25, 0.3) is 0 Å². The quantitative estimate of drug-likeness (QED) is 0.124. The molecule has 0 bridgehead atoms. The monoisotopic (exact) mass is 857 g/mol. The van der Waals surface area contributed by atoms with Crippen molar-refractivity contribution >= 4 is 35.3 Å². The van der Waals surface area contributed by atoms with Crippen LogP contribution in [-0.4, -0.2) is 91.8 Å². The minimum Gasteiger partial charge on any atom is -0.460 e. The van der Waals surface area contributed by atoms with E-state index in [4.69, 9.17) is 18.5 Å². The minimum atomic E-state index is -0.574. The van der Waals surface area contributed by atoms with E-state index in [1.807, 2.05) is 41.5 Å². The zero-order chi connectivity index (χ0) is 45.2. The van der Waals surface area contributed by atoms with Gasteiger partial charge in [0.2, 0.25) is 11.8 Å². The number of hydrogen-bond donors (Lipinski definition) is 1. The first-order chi connectivity index (χ1) is 28.7. The normalized spacial score (nSPS) is 16.1. The fraction of sp³-hybridized carbons (Fsp3) is 0.778. The van der Waals surface area contributed by atoms with Crippen LogP contribution in [0.4, 0.5) is 0 Å². The van der Waals surface area contributed by atoms with E-state index < -0.39 is 23.0 Å². The van der Waals surface area contributed by atoms with Gasteiger partial charge in [-0.1, -0.05) is 100 Å². The number of carbonyl (C=O) groups is 6. The number of ketones is 2. The molecule has 16 nitrogen and oxygen atoms in total. The molecule has 2 aliphatic carbocycles. The van der Waals surface area contributed by atoms with Gasteiger partial charge in [-0.15, -0.1) is 0 Å². The first-order valence-electron chi connectivity index (χ1n) is 22.3. The van der Waals surface area contributed by atoms with E-state index in [9.17, 15) is 28.8 Å². The van der Waals surface area contributed by atoms with E-state index >= 15 is 0 Å². The molecule has 2 heterocycles. The molecular formula is C45H72N6O10. The highest BCUT2D eigenvalue weighted by Crippen LogP contribution is 2.33. The van der Waals surface area contributed by atoms with Crippen LogP contribution in [0.15, 0.2) is 9.05 Å². The second-order valence-corrected chi connectivity index (χ2v) is 19.0. The summed E-state index contributed by atoms with van der Waals surface area (Å²) in [6, 6.07) is 0. The first-order valence-corrected chi connectivity index (χ1v) is 22.3. The summed E-state index contributed by atoms with van der Waals surface area (Å²) in [6.07, 6.45) is 18.8. The molecule has 16 heteroatoms. The summed E-state index contributed by atoms with van der Waals surface area (Å²) in [7, 11) is 1.52. The van der Waals surface area contributed by atoms with Crippen LogP contribution in [0.2, 0.25) is 0 Å². The molecule has 0 unspecified atom stereocenters. The van der Waals surface area contributed by atoms with Crippen molar-refractivity contribution in [3.63, 3.8) is 0 Å². The maximum Gasteiger partial charge on any atom is 0.307 e. The van der Waals surface area contributed by atoms with E-state index in [0.717, 1.165) is 43.9 Å². The van der Waals surface area contributed by atoms with E-state index in [-0.39, 0.29) is 84.7 Å². The summed E-state index contributed by atoms with van der Waals surface area (Å²) in [5.74, 6) is -0.812. The molecule has 342 valence electrons. The molecule has 2 aliphatic rings. The summed E-state index contributed by atoms with van der Waals surface area (Å²) in [5, 5.41) is 9.98. The largest absolute Gasteiger partial charge is 0.460 e. The van der Waals surface area contributed by atoms with Gasteiger partial charge in [0.05, 0.1) is 25.9 Å². The highest BCUT2D eigenvalue weighted by atomic mass is 16.6. The molecule has 4 rings (SSSR count). The van der Waals surface area contributed by atoms with Gasteiger partial charge in [-0.25, -0.2) is 0 Å². The van der Waals surface area contributed by atoms with Gasteiger partial charge < -0.3 is 28.7 Å². The van der Waals surface area contributed by atoms with Crippen LogP contribution in [0, 0.1) is 11.8 Å². The Kier molecular flexibility index (Phi) is 20.7. The molecule has 2 fully saturated rings. The minimum absolute atomic E-state index is 0.0224. The Morgan fingerprint density at radius 2 is 1.10 bits per heavy atom. The predicted molar refractivity (Wildman–Crippen MR) is 227 cm³/mol. The van der Waals surface area contributed by atoms with Gasteiger partial charge in [0, 0.05) is 18.9 Å². The number of Topliss-reactive ketones (excluding diaryl/α,β-unsaturated/α-hetero) is 2. The summed E-state index contributed by atoms with van der Waals surface area (Å²) >= 11 is 0. The van der Waals surface area contributed by atoms with Crippen LogP contribution in [0.3, 0.4) is 0 Å². The van der Waals surface area contributed by atoms with Crippen molar-refractivity contribution in [2.75, 3.05) is 20.1 Å². The molecule has 0 spiro atoms. The molecule has 2 atom stereocenters. The number of rotatable bonds is 20. The zero-order valence-electron chi connectivity index (χ0n) is 38.3. The van der Waals surface area contributed by atoms with Crippen molar-refractivity contribution in [2.24, 2.45) is 11.8 Å². The van der Waals surface area contributed by atoms with Gasteiger partial charge in [-0.2, -0.15) is 9.97 Å². The summed E-state index contributed by atoms with van der Waals surface area (Å²) in [5.41, 5.74) is -1.15. The van der Waals surface area contributed by atoms with Crippen LogP contribution < -0.4 is 5.32 Å². The molecule has 0 saturated heterocycles. The topological polar surface area (TPSA) is 214 Å². The predicted octanol–water partition coefficient (Wildman–Crippen LogP) is 8.25. The van der Waals surface area contributed by atoms with Gasteiger partial charge in [0.25, 0.3) is 23.5 Å². The summed E-state index contributed by atoms with van der Waals surface area (Å²) < 4.78 is 21.6. The number of ether oxygens (including phenoxy) is 2. The molecular weight excluding hydrogens is 785 g/mol. The number of esters is 2. The third-order valence-corrected chi connectivity index (χ3v) is 10.7. The van der Waals surface area contributed by atoms with Gasteiger partial charge in [-0.3, -0.25) is 28.8 Å². The molecule has 0 aliphatic heterocycles. The zero-order valence-corrected chi connectivity index (χ0v) is 38.3. The molecule has 2 aromatic rings. The van der Waals surface area contributed by atoms with Crippen molar-refractivity contribution in [1.82, 2.24) is 30.5 Å². The average molecular weight is 857 g/mol. The molecule has 61 heavy (non-hydrogen) atoms. The maximum absolute atomic E-state index is 12.5. The number of nitrogens with zero attached hydrogens (tertiary/aromatic N) is 5. The van der Waals surface area contributed by atoms with Gasteiger partial charge in [0.1, 0.15) is 22.8 Å². The Morgan fingerprint density at radius 1 is 0.672 bits per heavy atom. The average Bonchev–Trinajstić information content (AvgIpc) is 3.87. The lowest BCUT2D eigenvalue weighted by Gasteiger charge is -2.23. The highest BCUT2D eigenvalue weighted by Gasteiger charge is 2.30. The van der Waals surface area contributed by atoms with Crippen molar-refractivity contribution in [3.05, 3.63) is 23.4 Å². The lowest BCUT2D eigenvalue weighted by molar-refractivity contribution is -0.156. The summed E-state index contributed by atoms with van der Waals surface area (Å²) in [6.45, 7) is 13.6. The number of nitrogens with one attached hydrogen (secondary N) is 1. The summed E-state index contributed by atoms with van der Waals surface area (Å²) in [4.78, 5) is 81.4. The lowest BCUT2D eigenvalue weighted by atomic mass is 9.84. The van der Waals surface area contributed by atoms with E-state index in [2.05, 4.69) is 25.6 Å². The number of likely N-dealkylation sites (N-methyl/N-ethyl adjacent to an activating group) is 1.